The molecule has 0 aromatic heterocycles. The van der Waals surface area contributed by atoms with Crippen molar-refractivity contribution in [1.29, 1.82) is 0 Å². The Kier molecular flexibility index (Phi) is 9.13. The summed E-state index contributed by atoms with van der Waals surface area (Å²) in [6.45, 7) is 4.88. The molecular formula is C55H53N. The van der Waals surface area contributed by atoms with E-state index < -0.39 is 0 Å². The zero-order valence-corrected chi connectivity index (χ0v) is 33.1. The first-order chi connectivity index (χ1) is 27.5. The Morgan fingerprint density at radius 1 is 0.464 bits per heavy atom. The highest BCUT2D eigenvalue weighted by Gasteiger charge is 2.38. The van der Waals surface area contributed by atoms with Gasteiger partial charge in [0.1, 0.15) is 0 Å². The Labute approximate surface area is 334 Å². The van der Waals surface area contributed by atoms with E-state index in [0.29, 0.717) is 5.92 Å². The molecular weight excluding hydrogens is 675 g/mol. The first-order valence-electron chi connectivity index (χ1n) is 21.4. The second-order valence-electron chi connectivity index (χ2n) is 17.3. The Morgan fingerprint density at radius 2 is 1.11 bits per heavy atom. The lowest BCUT2D eigenvalue weighted by Gasteiger charge is -2.30. The van der Waals surface area contributed by atoms with Crippen LogP contribution in [0.3, 0.4) is 0 Å². The van der Waals surface area contributed by atoms with Gasteiger partial charge < -0.3 is 4.90 Å². The summed E-state index contributed by atoms with van der Waals surface area (Å²) in [5, 5.41) is 2.52. The lowest BCUT2D eigenvalue weighted by molar-refractivity contribution is 0.443. The van der Waals surface area contributed by atoms with Crippen LogP contribution < -0.4 is 4.90 Å². The number of anilines is 3. The van der Waals surface area contributed by atoms with Crippen molar-refractivity contribution in [1.82, 2.24) is 0 Å². The fourth-order valence-corrected chi connectivity index (χ4v) is 10.7. The highest BCUT2D eigenvalue weighted by molar-refractivity contribution is 6.05. The average molecular weight is 728 g/mol. The molecule has 0 unspecified atom stereocenters. The van der Waals surface area contributed by atoms with E-state index in [1.165, 1.54) is 136 Å². The average Bonchev–Trinajstić information content (AvgIpc) is 3.50. The van der Waals surface area contributed by atoms with E-state index in [1.807, 2.05) is 0 Å². The van der Waals surface area contributed by atoms with Crippen LogP contribution in [0.5, 0.6) is 0 Å². The van der Waals surface area contributed by atoms with E-state index >= 15 is 0 Å². The number of rotatable bonds is 7. The minimum absolute atomic E-state index is 0.101. The number of fused-ring (bicyclic) bond motifs is 4. The van der Waals surface area contributed by atoms with Crippen LogP contribution in [0.1, 0.15) is 112 Å². The van der Waals surface area contributed by atoms with Gasteiger partial charge in [0.15, 0.2) is 0 Å². The number of benzene rings is 7. The van der Waals surface area contributed by atoms with Crippen LogP contribution >= 0.6 is 0 Å². The third-order valence-corrected chi connectivity index (χ3v) is 13.7. The maximum absolute atomic E-state index is 2.52. The maximum atomic E-state index is 2.52. The third-order valence-electron chi connectivity index (χ3n) is 13.7. The molecule has 2 fully saturated rings. The SMILES string of the molecule is CC1(C)c2cc(N(c3ccc(-c4ccc(C5CCCCC5)cc4)cc3)c3ccc4ccccc4c3-c3ccccc3)ccc2-c2c(C3CCCCC3)cccc21. The van der Waals surface area contributed by atoms with Crippen LogP contribution in [0.4, 0.5) is 17.1 Å². The van der Waals surface area contributed by atoms with Crippen LogP contribution in [-0.4, -0.2) is 0 Å². The van der Waals surface area contributed by atoms with Gasteiger partial charge in [-0.25, -0.2) is 0 Å². The zero-order valence-electron chi connectivity index (χ0n) is 33.1. The Balaban J connectivity index is 1.11. The minimum Gasteiger partial charge on any atom is -0.310 e. The molecule has 0 heterocycles. The van der Waals surface area contributed by atoms with Gasteiger partial charge in [-0.3, -0.25) is 0 Å². The van der Waals surface area contributed by atoms with Gasteiger partial charge in [0.2, 0.25) is 0 Å². The maximum Gasteiger partial charge on any atom is 0.0546 e. The molecule has 2 saturated carbocycles. The Bertz CT molecular complexity index is 2490. The summed E-state index contributed by atoms with van der Waals surface area (Å²) in [5.41, 5.74) is 17.4. The summed E-state index contributed by atoms with van der Waals surface area (Å²) < 4.78 is 0. The van der Waals surface area contributed by atoms with Crippen molar-refractivity contribution in [2.45, 2.75) is 95.3 Å². The molecule has 1 heteroatoms. The smallest absolute Gasteiger partial charge is 0.0546 e. The van der Waals surface area contributed by atoms with Crippen LogP contribution in [-0.2, 0) is 5.41 Å². The van der Waals surface area contributed by atoms with E-state index in [1.54, 1.807) is 5.56 Å². The van der Waals surface area contributed by atoms with E-state index in [9.17, 15) is 0 Å². The molecule has 0 N–H and O–H groups in total. The molecule has 0 atom stereocenters. The summed E-state index contributed by atoms with van der Waals surface area (Å²) in [6, 6.07) is 57.8. The quantitative estimate of drug-likeness (QED) is 0.158. The molecule has 278 valence electrons. The lowest BCUT2D eigenvalue weighted by Crippen LogP contribution is -2.17. The molecule has 0 bridgehead atoms. The van der Waals surface area contributed by atoms with Crippen molar-refractivity contribution in [2.24, 2.45) is 0 Å². The Hall–Kier alpha value is -5.40. The third kappa shape index (κ3) is 6.17. The van der Waals surface area contributed by atoms with Gasteiger partial charge in [-0.15, -0.1) is 0 Å². The van der Waals surface area contributed by atoms with E-state index in [-0.39, 0.29) is 5.41 Å². The van der Waals surface area contributed by atoms with Crippen LogP contribution in [0.15, 0.2) is 152 Å². The van der Waals surface area contributed by atoms with Gasteiger partial charge in [0, 0.05) is 22.4 Å². The van der Waals surface area contributed by atoms with Crippen LogP contribution in [0, 0.1) is 0 Å². The van der Waals surface area contributed by atoms with Crippen molar-refractivity contribution >= 4 is 27.8 Å². The molecule has 0 spiro atoms. The molecule has 56 heavy (non-hydrogen) atoms. The van der Waals surface area contributed by atoms with Crippen molar-refractivity contribution < 1.29 is 0 Å². The van der Waals surface area contributed by atoms with Crippen molar-refractivity contribution in [2.75, 3.05) is 4.90 Å². The highest BCUT2D eigenvalue weighted by Crippen LogP contribution is 2.54. The Morgan fingerprint density at radius 3 is 1.84 bits per heavy atom. The van der Waals surface area contributed by atoms with Crippen LogP contribution in [0.25, 0.3) is 44.2 Å². The first kappa shape index (κ1) is 35.0. The monoisotopic (exact) mass is 727 g/mol. The minimum atomic E-state index is -0.101. The number of hydrogen-bond donors (Lipinski definition) is 0. The fourth-order valence-electron chi connectivity index (χ4n) is 10.7. The van der Waals surface area contributed by atoms with E-state index in [2.05, 4.69) is 170 Å². The van der Waals surface area contributed by atoms with Gasteiger partial charge in [-0.05, 0) is 129 Å². The number of hydrogen-bond acceptors (Lipinski definition) is 1. The number of nitrogens with zero attached hydrogens (tertiary/aromatic N) is 1. The van der Waals surface area contributed by atoms with Crippen LogP contribution in [0.2, 0.25) is 0 Å². The predicted molar refractivity (Wildman–Crippen MR) is 239 cm³/mol. The largest absolute Gasteiger partial charge is 0.310 e. The second-order valence-corrected chi connectivity index (χ2v) is 17.3. The summed E-state index contributed by atoms with van der Waals surface area (Å²) >= 11 is 0. The summed E-state index contributed by atoms with van der Waals surface area (Å²) in [5.74, 6) is 1.38. The molecule has 3 aliphatic rings. The van der Waals surface area contributed by atoms with Gasteiger partial charge in [0.05, 0.1) is 5.69 Å². The summed E-state index contributed by atoms with van der Waals surface area (Å²) in [7, 11) is 0. The predicted octanol–water partition coefficient (Wildman–Crippen LogP) is 16.0. The molecule has 10 rings (SSSR count). The molecule has 7 aromatic carbocycles. The molecule has 0 saturated heterocycles. The van der Waals surface area contributed by atoms with E-state index in [0.717, 1.165) is 11.6 Å². The molecule has 0 radical (unpaired) electrons. The summed E-state index contributed by atoms with van der Waals surface area (Å²) in [4.78, 5) is 2.52. The molecule has 0 amide bonds. The van der Waals surface area contributed by atoms with Crippen molar-refractivity contribution in [3.05, 3.63) is 174 Å². The van der Waals surface area contributed by atoms with Crippen molar-refractivity contribution in [3.8, 4) is 33.4 Å². The fraction of sp³-hybridized carbons (Fsp3) is 0.273. The highest BCUT2D eigenvalue weighted by atomic mass is 15.1. The standard InChI is InChI=1S/C55H53N/c1-55(2)50-24-14-23-48(42-17-8-4-9-18-42)54(50)49-35-34-46(37-51(49)55)56(52-36-31-43-19-12-13-22-47(43)53(52)44-20-10-5-11-21-44)45-32-29-41(30-33-45)40-27-25-39(26-28-40)38-15-6-3-7-16-38/h5,10-14,19-38,42H,3-4,6-9,15-18H2,1-2H3. The zero-order chi connectivity index (χ0) is 37.6. The van der Waals surface area contributed by atoms with Gasteiger partial charge in [-0.2, -0.15) is 0 Å². The molecule has 3 aliphatic carbocycles. The van der Waals surface area contributed by atoms with Crippen molar-refractivity contribution in [3.63, 3.8) is 0 Å². The van der Waals surface area contributed by atoms with Gasteiger partial charge >= 0.3 is 0 Å². The summed E-state index contributed by atoms with van der Waals surface area (Å²) in [6.07, 6.45) is 13.5. The van der Waals surface area contributed by atoms with Gasteiger partial charge in [0.25, 0.3) is 0 Å². The first-order valence-corrected chi connectivity index (χ1v) is 21.4. The topological polar surface area (TPSA) is 3.24 Å². The normalized spacial score (nSPS) is 16.8. The lowest BCUT2D eigenvalue weighted by atomic mass is 9.78. The van der Waals surface area contributed by atoms with Gasteiger partial charge in [-0.1, -0.05) is 174 Å². The molecule has 1 nitrogen and oxygen atoms in total. The molecule has 0 aliphatic heterocycles. The second kappa shape index (κ2) is 14.6. The molecule has 7 aromatic rings. The van der Waals surface area contributed by atoms with E-state index in [4.69, 9.17) is 0 Å².